The van der Waals surface area contributed by atoms with Gasteiger partial charge in [-0.05, 0) is 69.7 Å². The van der Waals surface area contributed by atoms with Crippen molar-refractivity contribution in [3.8, 4) is 0 Å². The van der Waals surface area contributed by atoms with E-state index in [0.29, 0.717) is 5.92 Å². The molecule has 0 radical (unpaired) electrons. The highest BCUT2D eigenvalue weighted by molar-refractivity contribution is 5.95. The van der Waals surface area contributed by atoms with Crippen LogP contribution < -0.4 is 5.32 Å². The van der Waals surface area contributed by atoms with E-state index in [1.165, 1.54) is 44.5 Å². The number of carbonyl (C=O) groups is 1. The molecular formula is C32H32N2O. The summed E-state index contributed by atoms with van der Waals surface area (Å²) in [6.07, 6.45) is 7.74. The first-order valence-electron chi connectivity index (χ1n) is 12.8. The van der Waals surface area contributed by atoms with E-state index in [2.05, 4.69) is 95.2 Å². The number of nitrogens with zero attached hydrogens (tertiary/aromatic N) is 1. The number of amides is 1. The van der Waals surface area contributed by atoms with Crippen molar-refractivity contribution in [2.75, 3.05) is 19.6 Å². The SMILES string of the molecule is CC(=O)NC1CN(CC2Cc3ccccc3C2)CCC1=C1c2ccccc2C=Cc2ccccc21. The average molecular weight is 461 g/mol. The van der Waals surface area contributed by atoms with Gasteiger partial charge in [0.15, 0.2) is 0 Å². The molecule has 1 heterocycles. The van der Waals surface area contributed by atoms with Gasteiger partial charge >= 0.3 is 0 Å². The Hall–Kier alpha value is -3.43. The van der Waals surface area contributed by atoms with Crippen LogP contribution in [0, 0.1) is 5.92 Å². The zero-order valence-electron chi connectivity index (χ0n) is 20.3. The van der Waals surface area contributed by atoms with Crippen LogP contribution >= 0.6 is 0 Å². The van der Waals surface area contributed by atoms with E-state index in [-0.39, 0.29) is 11.9 Å². The van der Waals surface area contributed by atoms with E-state index >= 15 is 0 Å². The molecule has 3 aromatic carbocycles. The summed E-state index contributed by atoms with van der Waals surface area (Å²) in [5, 5.41) is 3.32. The Bertz CT molecular complexity index is 1260. The van der Waals surface area contributed by atoms with Crippen LogP contribution in [-0.4, -0.2) is 36.5 Å². The molecule has 1 atom stereocenters. The van der Waals surface area contributed by atoms with Gasteiger partial charge in [0.05, 0.1) is 6.04 Å². The van der Waals surface area contributed by atoms with E-state index in [1.807, 2.05) is 0 Å². The van der Waals surface area contributed by atoms with E-state index in [1.54, 1.807) is 6.92 Å². The summed E-state index contributed by atoms with van der Waals surface area (Å²) in [4.78, 5) is 14.9. The summed E-state index contributed by atoms with van der Waals surface area (Å²) in [6.45, 7) is 4.62. The zero-order valence-corrected chi connectivity index (χ0v) is 20.3. The van der Waals surface area contributed by atoms with E-state index < -0.39 is 0 Å². The number of fused-ring (bicyclic) bond motifs is 3. The topological polar surface area (TPSA) is 32.3 Å². The molecule has 0 saturated carbocycles. The van der Waals surface area contributed by atoms with Crippen LogP contribution in [0.15, 0.2) is 78.4 Å². The van der Waals surface area contributed by atoms with Crippen molar-refractivity contribution >= 4 is 23.6 Å². The Balaban J connectivity index is 1.34. The van der Waals surface area contributed by atoms with Gasteiger partial charge in [-0.3, -0.25) is 4.79 Å². The molecule has 3 aromatic rings. The minimum atomic E-state index is 0.0132. The predicted molar refractivity (Wildman–Crippen MR) is 144 cm³/mol. The maximum absolute atomic E-state index is 12.3. The summed E-state index contributed by atoms with van der Waals surface area (Å²) in [6, 6.07) is 26.2. The molecule has 1 aliphatic heterocycles. The van der Waals surface area contributed by atoms with Crippen LogP contribution in [0.3, 0.4) is 0 Å². The largest absolute Gasteiger partial charge is 0.349 e. The predicted octanol–water partition coefficient (Wildman–Crippen LogP) is 5.60. The molecule has 0 spiro atoms. The Labute approximate surface area is 208 Å². The molecule has 3 aliphatic rings. The molecule has 0 aromatic heterocycles. The summed E-state index contributed by atoms with van der Waals surface area (Å²) >= 11 is 0. The van der Waals surface area contributed by atoms with E-state index in [4.69, 9.17) is 0 Å². The highest BCUT2D eigenvalue weighted by Gasteiger charge is 2.32. The Kier molecular flexibility index (Phi) is 5.87. The van der Waals surface area contributed by atoms with Gasteiger partial charge in [-0.25, -0.2) is 0 Å². The third-order valence-corrected chi connectivity index (χ3v) is 7.81. The fourth-order valence-electron chi connectivity index (χ4n) is 6.31. The molecule has 3 heteroatoms. The lowest BCUT2D eigenvalue weighted by atomic mass is 9.83. The quantitative estimate of drug-likeness (QED) is 0.432. The van der Waals surface area contributed by atoms with E-state index in [0.717, 1.165) is 38.9 Å². The maximum atomic E-state index is 12.3. The molecule has 1 saturated heterocycles. The van der Waals surface area contributed by atoms with Crippen molar-refractivity contribution in [1.82, 2.24) is 10.2 Å². The minimum Gasteiger partial charge on any atom is -0.349 e. The monoisotopic (exact) mass is 460 g/mol. The van der Waals surface area contributed by atoms with Crippen molar-refractivity contribution in [3.63, 3.8) is 0 Å². The maximum Gasteiger partial charge on any atom is 0.217 e. The van der Waals surface area contributed by atoms with Crippen LogP contribution in [0.25, 0.3) is 17.7 Å². The van der Waals surface area contributed by atoms with Gasteiger partial charge in [-0.2, -0.15) is 0 Å². The van der Waals surface area contributed by atoms with Gasteiger partial charge in [0.25, 0.3) is 0 Å². The molecule has 1 fully saturated rings. The second kappa shape index (κ2) is 9.31. The smallest absolute Gasteiger partial charge is 0.217 e. The lowest BCUT2D eigenvalue weighted by Crippen LogP contribution is -2.50. The van der Waals surface area contributed by atoms with Gasteiger partial charge in [0, 0.05) is 26.6 Å². The van der Waals surface area contributed by atoms with Gasteiger partial charge in [0.1, 0.15) is 0 Å². The number of hydrogen-bond donors (Lipinski definition) is 1. The lowest BCUT2D eigenvalue weighted by Gasteiger charge is -2.38. The van der Waals surface area contributed by atoms with Gasteiger partial charge in [0.2, 0.25) is 5.91 Å². The second-order valence-corrected chi connectivity index (χ2v) is 10.2. The van der Waals surface area contributed by atoms with Crippen molar-refractivity contribution in [1.29, 1.82) is 0 Å². The van der Waals surface area contributed by atoms with Crippen LogP contribution in [0.5, 0.6) is 0 Å². The first kappa shape index (κ1) is 22.1. The number of carbonyl (C=O) groups excluding carboxylic acids is 1. The van der Waals surface area contributed by atoms with Crippen molar-refractivity contribution in [2.45, 2.75) is 32.2 Å². The number of nitrogens with one attached hydrogen (secondary N) is 1. The molecule has 0 bridgehead atoms. The third-order valence-electron chi connectivity index (χ3n) is 7.81. The first-order valence-corrected chi connectivity index (χ1v) is 12.8. The van der Waals surface area contributed by atoms with Crippen molar-refractivity contribution in [2.24, 2.45) is 5.92 Å². The standard InChI is InChI=1S/C32H32N2O/c1-22(35)33-31-21-34(20-23-18-26-10-2-3-11-27(26)19-23)17-16-30(31)32-28-12-6-4-8-24(28)14-15-25-9-5-7-13-29(25)32/h2-15,23,31H,16-21H2,1H3,(H,33,35). The van der Waals surface area contributed by atoms with Gasteiger partial charge in [-0.15, -0.1) is 0 Å². The molecule has 2 aliphatic carbocycles. The molecule has 1 N–H and O–H groups in total. The average Bonchev–Trinajstić information content (AvgIpc) is 3.19. The Morgan fingerprint density at radius 1 is 0.857 bits per heavy atom. The van der Waals surface area contributed by atoms with E-state index in [9.17, 15) is 4.79 Å². The van der Waals surface area contributed by atoms with Crippen LogP contribution in [0.2, 0.25) is 0 Å². The normalized spacial score (nSPS) is 19.6. The van der Waals surface area contributed by atoms with Crippen molar-refractivity contribution < 1.29 is 4.79 Å². The molecule has 6 rings (SSSR count). The Morgan fingerprint density at radius 2 is 1.43 bits per heavy atom. The first-order chi connectivity index (χ1) is 17.2. The molecule has 1 amide bonds. The number of piperidine rings is 1. The highest BCUT2D eigenvalue weighted by Crippen LogP contribution is 2.39. The van der Waals surface area contributed by atoms with Crippen LogP contribution in [0.4, 0.5) is 0 Å². The van der Waals surface area contributed by atoms with Gasteiger partial charge < -0.3 is 10.2 Å². The number of benzene rings is 3. The fraction of sp³-hybridized carbons (Fsp3) is 0.281. The fourth-order valence-corrected chi connectivity index (χ4v) is 6.31. The number of likely N-dealkylation sites (tertiary alicyclic amines) is 1. The number of hydrogen-bond acceptors (Lipinski definition) is 2. The number of rotatable bonds is 3. The van der Waals surface area contributed by atoms with Crippen LogP contribution in [-0.2, 0) is 17.6 Å². The summed E-state index contributed by atoms with van der Waals surface area (Å²) in [5.41, 5.74) is 10.7. The highest BCUT2D eigenvalue weighted by atomic mass is 16.1. The lowest BCUT2D eigenvalue weighted by molar-refractivity contribution is -0.119. The zero-order chi connectivity index (χ0) is 23.8. The van der Waals surface area contributed by atoms with Crippen molar-refractivity contribution in [3.05, 3.63) is 112 Å². The summed E-state index contributed by atoms with van der Waals surface area (Å²) in [5.74, 6) is 0.694. The molecule has 176 valence electrons. The summed E-state index contributed by atoms with van der Waals surface area (Å²) in [7, 11) is 0. The van der Waals surface area contributed by atoms with Gasteiger partial charge in [-0.1, -0.05) is 84.9 Å². The Morgan fingerprint density at radius 3 is 2.03 bits per heavy atom. The molecule has 35 heavy (non-hydrogen) atoms. The molecular weight excluding hydrogens is 428 g/mol. The van der Waals surface area contributed by atoms with Crippen LogP contribution in [0.1, 0.15) is 46.7 Å². The summed E-state index contributed by atoms with van der Waals surface area (Å²) < 4.78 is 0. The third kappa shape index (κ3) is 4.37. The molecule has 3 nitrogen and oxygen atoms in total. The molecule has 1 unspecified atom stereocenters. The second-order valence-electron chi connectivity index (χ2n) is 10.2. The minimum absolute atomic E-state index is 0.0132.